The molecule has 21 heavy (non-hydrogen) atoms. The fourth-order valence-corrected chi connectivity index (χ4v) is 2.13. The molecule has 0 spiro atoms. The Balaban J connectivity index is 2.16. The highest BCUT2D eigenvalue weighted by Gasteiger charge is 2.05. The lowest BCUT2D eigenvalue weighted by atomic mass is 10.0. The van der Waals surface area contributed by atoms with E-state index < -0.39 is 0 Å². The smallest absolute Gasteiger partial charge is 0.128 e. The molecular weight excluding hydrogens is 265 g/mol. The Morgan fingerprint density at radius 2 is 1.71 bits per heavy atom. The van der Waals surface area contributed by atoms with E-state index in [9.17, 15) is 4.39 Å². The van der Waals surface area contributed by atoms with Gasteiger partial charge in [0.1, 0.15) is 11.6 Å². The molecule has 112 valence electrons. The SMILES string of the molecule is CCNCc1ccc(-c2ccc(OC(C)C)cc2)cc1F. The van der Waals surface area contributed by atoms with Crippen molar-refractivity contribution in [3.63, 3.8) is 0 Å². The van der Waals surface area contributed by atoms with Crippen molar-refractivity contribution >= 4 is 0 Å². The van der Waals surface area contributed by atoms with E-state index in [0.717, 1.165) is 23.4 Å². The second kappa shape index (κ2) is 7.23. The summed E-state index contributed by atoms with van der Waals surface area (Å²) in [6.07, 6.45) is 0.152. The van der Waals surface area contributed by atoms with Crippen LogP contribution in [0.15, 0.2) is 42.5 Å². The van der Waals surface area contributed by atoms with E-state index in [0.29, 0.717) is 12.1 Å². The molecule has 2 aromatic carbocycles. The van der Waals surface area contributed by atoms with Crippen LogP contribution in [0.3, 0.4) is 0 Å². The Hall–Kier alpha value is -1.87. The highest BCUT2D eigenvalue weighted by atomic mass is 19.1. The van der Waals surface area contributed by atoms with Crippen molar-refractivity contribution in [2.45, 2.75) is 33.4 Å². The van der Waals surface area contributed by atoms with Crippen molar-refractivity contribution in [1.82, 2.24) is 5.32 Å². The number of hydrogen-bond acceptors (Lipinski definition) is 2. The van der Waals surface area contributed by atoms with E-state index in [1.54, 1.807) is 6.07 Å². The zero-order chi connectivity index (χ0) is 15.2. The van der Waals surface area contributed by atoms with Crippen molar-refractivity contribution in [1.29, 1.82) is 0 Å². The first kappa shape index (κ1) is 15.5. The van der Waals surface area contributed by atoms with Gasteiger partial charge in [0.25, 0.3) is 0 Å². The van der Waals surface area contributed by atoms with E-state index in [1.807, 2.05) is 57.2 Å². The van der Waals surface area contributed by atoms with Gasteiger partial charge in [0.05, 0.1) is 6.10 Å². The average Bonchev–Trinajstić information content (AvgIpc) is 2.46. The number of halogens is 1. The number of hydrogen-bond donors (Lipinski definition) is 1. The molecule has 1 N–H and O–H groups in total. The zero-order valence-electron chi connectivity index (χ0n) is 12.8. The van der Waals surface area contributed by atoms with Gasteiger partial charge in [-0.25, -0.2) is 4.39 Å². The van der Waals surface area contributed by atoms with Gasteiger partial charge in [-0.2, -0.15) is 0 Å². The van der Waals surface area contributed by atoms with Gasteiger partial charge in [-0.15, -0.1) is 0 Å². The van der Waals surface area contributed by atoms with Crippen LogP contribution in [0.4, 0.5) is 4.39 Å². The first-order valence-electron chi connectivity index (χ1n) is 7.36. The highest BCUT2D eigenvalue weighted by Crippen LogP contribution is 2.24. The van der Waals surface area contributed by atoms with Gasteiger partial charge in [0, 0.05) is 12.1 Å². The molecule has 0 saturated heterocycles. The second-order valence-electron chi connectivity index (χ2n) is 5.28. The van der Waals surface area contributed by atoms with Gasteiger partial charge in [-0.05, 0) is 49.7 Å². The van der Waals surface area contributed by atoms with Crippen molar-refractivity contribution in [3.05, 3.63) is 53.8 Å². The number of benzene rings is 2. The van der Waals surface area contributed by atoms with Crippen LogP contribution in [0.2, 0.25) is 0 Å². The Kier molecular flexibility index (Phi) is 5.34. The second-order valence-corrected chi connectivity index (χ2v) is 5.28. The van der Waals surface area contributed by atoms with Crippen LogP contribution in [0.5, 0.6) is 5.75 Å². The Bertz CT molecular complexity index is 578. The van der Waals surface area contributed by atoms with E-state index in [2.05, 4.69) is 5.32 Å². The molecule has 2 aromatic rings. The normalized spacial score (nSPS) is 10.9. The summed E-state index contributed by atoms with van der Waals surface area (Å²) in [5, 5.41) is 3.13. The summed E-state index contributed by atoms with van der Waals surface area (Å²) in [5.41, 5.74) is 2.56. The summed E-state index contributed by atoms with van der Waals surface area (Å²) < 4.78 is 19.7. The van der Waals surface area contributed by atoms with Gasteiger partial charge in [-0.1, -0.05) is 31.2 Å². The van der Waals surface area contributed by atoms with Crippen LogP contribution in [0, 0.1) is 5.82 Å². The van der Waals surface area contributed by atoms with Crippen molar-refractivity contribution < 1.29 is 9.13 Å². The maximum atomic E-state index is 14.0. The highest BCUT2D eigenvalue weighted by molar-refractivity contribution is 5.64. The number of nitrogens with one attached hydrogen (secondary N) is 1. The predicted octanol–water partition coefficient (Wildman–Crippen LogP) is 4.39. The molecule has 2 nitrogen and oxygen atoms in total. The Labute approximate surface area is 126 Å². The third kappa shape index (κ3) is 4.30. The quantitative estimate of drug-likeness (QED) is 0.850. The van der Waals surface area contributed by atoms with Gasteiger partial charge >= 0.3 is 0 Å². The number of rotatable bonds is 6. The lowest BCUT2D eigenvalue weighted by molar-refractivity contribution is 0.242. The van der Waals surface area contributed by atoms with Gasteiger partial charge in [0.2, 0.25) is 0 Å². The van der Waals surface area contributed by atoms with E-state index in [-0.39, 0.29) is 11.9 Å². The minimum absolute atomic E-state index is 0.152. The standard InChI is InChI=1S/C18H22FNO/c1-4-20-12-16-6-5-15(11-18(16)19)14-7-9-17(10-8-14)21-13(2)3/h5-11,13,20H,4,12H2,1-3H3. The maximum Gasteiger partial charge on any atom is 0.128 e. The molecule has 0 amide bonds. The van der Waals surface area contributed by atoms with Crippen LogP contribution in [-0.4, -0.2) is 12.6 Å². The Morgan fingerprint density at radius 1 is 1.05 bits per heavy atom. The minimum atomic E-state index is -0.170. The summed E-state index contributed by atoms with van der Waals surface area (Å²) in [7, 11) is 0. The van der Waals surface area contributed by atoms with Crippen molar-refractivity contribution in [3.8, 4) is 16.9 Å². The third-order valence-corrected chi connectivity index (χ3v) is 3.18. The molecule has 0 aliphatic heterocycles. The molecule has 0 radical (unpaired) electrons. The molecule has 0 aliphatic carbocycles. The van der Waals surface area contributed by atoms with Crippen LogP contribution in [-0.2, 0) is 6.54 Å². The molecule has 0 saturated carbocycles. The van der Waals surface area contributed by atoms with Crippen LogP contribution < -0.4 is 10.1 Å². The van der Waals surface area contributed by atoms with E-state index >= 15 is 0 Å². The van der Waals surface area contributed by atoms with E-state index in [4.69, 9.17) is 4.74 Å². The van der Waals surface area contributed by atoms with Crippen molar-refractivity contribution in [2.75, 3.05) is 6.54 Å². The molecule has 3 heteroatoms. The molecule has 0 bridgehead atoms. The zero-order valence-corrected chi connectivity index (χ0v) is 12.8. The van der Waals surface area contributed by atoms with E-state index in [1.165, 1.54) is 0 Å². The lowest BCUT2D eigenvalue weighted by Crippen LogP contribution is -2.12. The average molecular weight is 287 g/mol. The van der Waals surface area contributed by atoms with Gasteiger partial charge in [-0.3, -0.25) is 0 Å². The molecule has 0 aliphatic rings. The summed E-state index contributed by atoms with van der Waals surface area (Å²) in [5.74, 6) is 0.661. The number of ether oxygens (including phenoxy) is 1. The van der Waals surface area contributed by atoms with Crippen LogP contribution >= 0.6 is 0 Å². The topological polar surface area (TPSA) is 21.3 Å². The molecular formula is C18H22FNO. The fourth-order valence-electron chi connectivity index (χ4n) is 2.13. The molecule has 0 heterocycles. The largest absolute Gasteiger partial charge is 0.491 e. The molecule has 0 atom stereocenters. The summed E-state index contributed by atoms with van der Waals surface area (Å²) in [4.78, 5) is 0. The monoisotopic (exact) mass is 287 g/mol. The molecule has 2 rings (SSSR count). The third-order valence-electron chi connectivity index (χ3n) is 3.18. The summed E-state index contributed by atoms with van der Waals surface area (Å²) >= 11 is 0. The summed E-state index contributed by atoms with van der Waals surface area (Å²) in [6.45, 7) is 7.38. The summed E-state index contributed by atoms with van der Waals surface area (Å²) in [6, 6.07) is 13.1. The first-order valence-corrected chi connectivity index (χ1v) is 7.36. The fraction of sp³-hybridized carbons (Fsp3) is 0.333. The minimum Gasteiger partial charge on any atom is -0.491 e. The van der Waals surface area contributed by atoms with Gasteiger partial charge < -0.3 is 10.1 Å². The molecule has 0 fully saturated rings. The van der Waals surface area contributed by atoms with Gasteiger partial charge in [0.15, 0.2) is 0 Å². The van der Waals surface area contributed by atoms with Crippen LogP contribution in [0.1, 0.15) is 26.3 Å². The Morgan fingerprint density at radius 3 is 2.29 bits per heavy atom. The molecule has 0 unspecified atom stereocenters. The lowest BCUT2D eigenvalue weighted by Gasteiger charge is -2.11. The predicted molar refractivity (Wildman–Crippen MR) is 85.0 cm³/mol. The molecule has 0 aromatic heterocycles. The maximum absolute atomic E-state index is 14.0. The van der Waals surface area contributed by atoms with Crippen LogP contribution in [0.25, 0.3) is 11.1 Å². The first-order chi connectivity index (χ1) is 10.1. The van der Waals surface area contributed by atoms with Crippen molar-refractivity contribution in [2.24, 2.45) is 0 Å².